The fraction of sp³-hybridized carbons (Fsp3) is 0.500. The van der Waals surface area contributed by atoms with Crippen LogP contribution in [0.15, 0.2) is 6.20 Å². The summed E-state index contributed by atoms with van der Waals surface area (Å²) >= 11 is 0. The summed E-state index contributed by atoms with van der Waals surface area (Å²) in [5.41, 5.74) is 4.77. The Kier molecular flexibility index (Phi) is 3.02. The van der Waals surface area contributed by atoms with Gasteiger partial charge in [-0.2, -0.15) is 0 Å². The third-order valence-corrected chi connectivity index (χ3v) is 1.83. The molecule has 0 aliphatic carbocycles. The Bertz CT molecular complexity index is 385. The zero-order chi connectivity index (χ0) is 11.6. The van der Waals surface area contributed by atoms with Crippen LogP contribution in [0.25, 0.3) is 0 Å². The Morgan fingerprint density at radius 3 is 2.60 bits per heavy atom. The van der Waals surface area contributed by atoms with Gasteiger partial charge < -0.3 is 5.73 Å². The Balaban J connectivity index is 3.11. The lowest BCUT2D eigenvalue weighted by molar-refractivity contribution is -0.117. The van der Waals surface area contributed by atoms with Gasteiger partial charge in [0.05, 0.1) is 18.3 Å². The first-order valence-electron chi connectivity index (χ1n) is 4.61. The highest BCUT2D eigenvalue weighted by molar-refractivity contribution is 5.76. The lowest BCUT2D eigenvalue weighted by atomic mass is 9.95. The van der Waals surface area contributed by atoms with Crippen molar-refractivity contribution in [2.24, 2.45) is 5.73 Å². The van der Waals surface area contributed by atoms with Gasteiger partial charge in [-0.3, -0.25) is 4.79 Å². The van der Waals surface area contributed by atoms with Gasteiger partial charge in [-0.1, -0.05) is 20.8 Å². The van der Waals surface area contributed by atoms with E-state index in [1.165, 1.54) is 0 Å². The fourth-order valence-electron chi connectivity index (χ4n) is 1.05. The van der Waals surface area contributed by atoms with Crippen molar-refractivity contribution >= 4 is 5.91 Å². The van der Waals surface area contributed by atoms with Crippen molar-refractivity contribution in [3.05, 3.63) is 23.5 Å². The van der Waals surface area contributed by atoms with Crippen LogP contribution in [0.3, 0.4) is 0 Å². The second kappa shape index (κ2) is 3.92. The predicted molar refractivity (Wildman–Crippen MR) is 53.6 cm³/mol. The van der Waals surface area contributed by atoms with Crippen LogP contribution in [0.5, 0.6) is 0 Å². The lowest BCUT2D eigenvalue weighted by Gasteiger charge is -2.16. The number of hydrogen-bond donors (Lipinski definition) is 1. The molecule has 0 bridgehead atoms. The Hall–Kier alpha value is -1.52. The van der Waals surface area contributed by atoms with Crippen LogP contribution in [0.2, 0.25) is 0 Å². The molecule has 0 fully saturated rings. The number of carbonyl (C=O) groups is 1. The predicted octanol–water partition coefficient (Wildman–Crippen LogP) is 0.941. The summed E-state index contributed by atoms with van der Waals surface area (Å²) in [7, 11) is 0. The van der Waals surface area contributed by atoms with Gasteiger partial charge >= 0.3 is 0 Å². The van der Waals surface area contributed by atoms with Crippen molar-refractivity contribution in [2.45, 2.75) is 32.6 Å². The van der Waals surface area contributed by atoms with E-state index in [0.717, 1.165) is 6.20 Å². The zero-order valence-corrected chi connectivity index (χ0v) is 9.04. The molecule has 1 heterocycles. The molecule has 2 N–H and O–H groups in total. The number of amides is 1. The highest BCUT2D eigenvalue weighted by Gasteiger charge is 2.19. The summed E-state index contributed by atoms with van der Waals surface area (Å²) in [5.74, 6) is -0.700. The third-order valence-electron chi connectivity index (χ3n) is 1.83. The molecule has 0 aromatic carbocycles. The molecule has 0 atom stereocenters. The molecule has 0 saturated carbocycles. The van der Waals surface area contributed by atoms with Crippen LogP contribution >= 0.6 is 0 Å². The minimum atomic E-state index is -0.604. The van der Waals surface area contributed by atoms with Crippen LogP contribution in [-0.2, 0) is 16.6 Å². The topological polar surface area (TPSA) is 68.9 Å². The smallest absolute Gasteiger partial charge is 0.223 e. The molecule has 1 rings (SSSR count). The SMILES string of the molecule is CC(C)(C)c1ncc(F)c(CC(N)=O)n1. The minimum Gasteiger partial charge on any atom is -0.369 e. The molecule has 15 heavy (non-hydrogen) atoms. The summed E-state index contributed by atoms with van der Waals surface area (Å²) in [6.07, 6.45) is 0.878. The quantitative estimate of drug-likeness (QED) is 0.791. The van der Waals surface area contributed by atoms with E-state index in [1.54, 1.807) is 0 Å². The number of nitrogens with two attached hydrogens (primary N) is 1. The van der Waals surface area contributed by atoms with Gasteiger partial charge in [0.25, 0.3) is 0 Å². The van der Waals surface area contributed by atoms with Crippen molar-refractivity contribution < 1.29 is 9.18 Å². The first kappa shape index (κ1) is 11.6. The average molecular weight is 211 g/mol. The molecular formula is C10H14FN3O. The number of halogens is 1. The summed E-state index contributed by atoms with van der Waals surface area (Å²) in [4.78, 5) is 18.6. The van der Waals surface area contributed by atoms with Crippen molar-refractivity contribution in [3.8, 4) is 0 Å². The maximum absolute atomic E-state index is 13.2. The summed E-state index contributed by atoms with van der Waals surface area (Å²) in [6.45, 7) is 5.73. The van der Waals surface area contributed by atoms with E-state index < -0.39 is 11.7 Å². The largest absolute Gasteiger partial charge is 0.369 e. The number of nitrogens with zero attached hydrogens (tertiary/aromatic N) is 2. The highest BCUT2D eigenvalue weighted by atomic mass is 19.1. The molecule has 0 aliphatic rings. The van der Waals surface area contributed by atoms with Gasteiger partial charge in [0.1, 0.15) is 5.82 Å². The Labute approximate surface area is 87.7 Å². The van der Waals surface area contributed by atoms with Gasteiger partial charge in [0, 0.05) is 5.41 Å². The van der Waals surface area contributed by atoms with E-state index in [2.05, 4.69) is 9.97 Å². The third kappa shape index (κ3) is 2.97. The summed E-state index contributed by atoms with van der Waals surface area (Å²) in [6, 6.07) is 0. The average Bonchev–Trinajstić information content (AvgIpc) is 2.06. The van der Waals surface area contributed by atoms with Crippen molar-refractivity contribution in [1.29, 1.82) is 0 Å². The van der Waals surface area contributed by atoms with E-state index >= 15 is 0 Å². The summed E-state index contributed by atoms with van der Waals surface area (Å²) in [5, 5.41) is 0. The molecule has 0 unspecified atom stereocenters. The maximum Gasteiger partial charge on any atom is 0.223 e. The van der Waals surface area contributed by atoms with Gasteiger partial charge in [-0.15, -0.1) is 0 Å². The lowest BCUT2D eigenvalue weighted by Crippen LogP contribution is -2.21. The number of hydrogen-bond acceptors (Lipinski definition) is 3. The summed E-state index contributed by atoms with van der Waals surface area (Å²) < 4.78 is 13.2. The van der Waals surface area contributed by atoms with Crippen LogP contribution in [0, 0.1) is 5.82 Å². The fourth-order valence-corrected chi connectivity index (χ4v) is 1.05. The molecule has 1 aromatic rings. The minimum absolute atomic E-state index is 0.0578. The molecular weight excluding hydrogens is 197 g/mol. The van der Waals surface area contributed by atoms with Gasteiger partial charge in [-0.25, -0.2) is 14.4 Å². The normalized spacial score (nSPS) is 11.5. The van der Waals surface area contributed by atoms with E-state index in [9.17, 15) is 9.18 Å². The molecule has 5 heteroatoms. The maximum atomic E-state index is 13.2. The first-order valence-corrected chi connectivity index (χ1v) is 4.61. The van der Waals surface area contributed by atoms with E-state index in [1.807, 2.05) is 20.8 Å². The van der Waals surface area contributed by atoms with Crippen molar-refractivity contribution in [3.63, 3.8) is 0 Å². The number of rotatable bonds is 2. The van der Waals surface area contributed by atoms with Crippen molar-refractivity contribution in [2.75, 3.05) is 0 Å². The molecule has 1 aromatic heterocycles. The molecule has 0 aliphatic heterocycles. The van der Waals surface area contributed by atoms with Gasteiger partial charge in [0.2, 0.25) is 5.91 Å². The van der Waals surface area contributed by atoms with Crippen LogP contribution in [0.4, 0.5) is 4.39 Å². The van der Waals surface area contributed by atoms with Crippen LogP contribution < -0.4 is 5.73 Å². The van der Waals surface area contributed by atoms with Crippen LogP contribution in [-0.4, -0.2) is 15.9 Å². The second-order valence-corrected chi connectivity index (χ2v) is 4.38. The molecule has 82 valence electrons. The second-order valence-electron chi connectivity index (χ2n) is 4.38. The van der Waals surface area contributed by atoms with Crippen molar-refractivity contribution in [1.82, 2.24) is 9.97 Å². The van der Waals surface area contributed by atoms with Crippen LogP contribution in [0.1, 0.15) is 32.3 Å². The zero-order valence-electron chi connectivity index (χ0n) is 9.04. The molecule has 0 radical (unpaired) electrons. The molecule has 1 amide bonds. The van der Waals surface area contributed by atoms with E-state index in [0.29, 0.717) is 5.82 Å². The van der Waals surface area contributed by atoms with E-state index in [-0.39, 0.29) is 17.5 Å². The number of primary amides is 1. The number of aromatic nitrogens is 2. The van der Waals surface area contributed by atoms with E-state index in [4.69, 9.17) is 5.73 Å². The van der Waals surface area contributed by atoms with Gasteiger partial charge in [-0.05, 0) is 0 Å². The Morgan fingerprint density at radius 2 is 2.13 bits per heavy atom. The monoisotopic (exact) mass is 211 g/mol. The molecule has 4 nitrogen and oxygen atoms in total. The molecule has 0 spiro atoms. The standard InChI is InChI=1S/C10H14FN3O/c1-10(2,3)9-13-5-6(11)7(14-9)4-8(12)15/h5H,4H2,1-3H3,(H2,12,15). The highest BCUT2D eigenvalue weighted by Crippen LogP contribution is 2.18. The first-order chi connectivity index (χ1) is 6.80. The van der Waals surface area contributed by atoms with Gasteiger partial charge in [0.15, 0.2) is 5.82 Å². The molecule has 0 saturated heterocycles. The number of carbonyl (C=O) groups excluding carboxylic acids is 1. The Morgan fingerprint density at radius 1 is 1.53 bits per heavy atom.